The van der Waals surface area contributed by atoms with Crippen molar-refractivity contribution in [3.8, 4) is 0 Å². The van der Waals surface area contributed by atoms with Crippen LogP contribution in [0.4, 0.5) is 5.69 Å². The average Bonchev–Trinajstić information content (AvgIpc) is 2.29. The maximum atomic E-state index is 9.13. The number of hydrogen-bond acceptors (Lipinski definition) is 4. The van der Waals surface area contributed by atoms with E-state index in [9.17, 15) is 0 Å². The zero-order valence-electron chi connectivity index (χ0n) is 9.23. The Kier molecular flexibility index (Phi) is 5.07. The molecule has 0 aliphatic carbocycles. The molecule has 1 aromatic rings. The fraction of sp³-hybridized carbons (Fsp3) is 0.545. The summed E-state index contributed by atoms with van der Waals surface area (Å²) in [6.45, 7) is 2.76. The van der Waals surface area contributed by atoms with Crippen LogP contribution in [0.2, 0.25) is 0 Å². The highest BCUT2D eigenvalue weighted by molar-refractivity contribution is 5.49. The van der Waals surface area contributed by atoms with E-state index in [-0.39, 0.29) is 12.6 Å². The Labute approximate surface area is 90.3 Å². The Hall–Kier alpha value is -1.13. The van der Waals surface area contributed by atoms with Gasteiger partial charge in [-0.05, 0) is 12.5 Å². The summed E-state index contributed by atoms with van der Waals surface area (Å²) in [6, 6.07) is 2.06. The quantitative estimate of drug-likeness (QED) is 0.745. The number of rotatable bonds is 6. The van der Waals surface area contributed by atoms with Crippen LogP contribution in [0.1, 0.15) is 18.9 Å². The Morgan fingerprint density at radius 2 is 2.40 bits per heavy atom. The van der Waals surface area contributed by atoms with Gasteiger partial charge in [0.25, 0.3) is 0 Å². The summed E-state index contributed by atoms with van der Waals surface area (Å²) in [5.41, 5.74) is 1.74. The molecule has 0 saturated heterocycles. The van der Waals surface area contributed by atoms with E-state index in [1.807, 2.05) is 6.07 Å². The number of nitrogens with zero attached hydrogens (tertiary/aromatic N) is 1. The molecule has 1 heterocycles. The summed E-state index contributed by atoms with van der Waals surface area (Å²) in [5, 5.41) is 12.4. The van der Waals surface area contributed by atoms with Crippen LogP contribution in [0.15, 0.2) is 18.5 Å². The van der Waals surface area contributed by atoms with Crippen LogP contribution < -0.4 is 5.32 Å². The second-order valence-corrected chi connectivity index (χ2v) is 3.40. The van der Waals surface area contributed by atoms with Gasteiger partial charge < -0.3 is 15.2 Å². The molecule has 4 nitrogen and oxygen atoms in total. The number of aromatic nitrogens is 1. The number of hydrogen-bond donors (Lipinski definition) is 2. The zero-order chi connectivity index (χ0) is 11.1. The molecule has 1 aromatic heterocycles. The van der Waals surface area contributed by atoms with Crippen molar-refractivity contribution in [1.82, 2.24) is 4.98 Å². The molecule has 2 N–H and O–H groups in total. The third-order valence-corrected chi connectivity index (χ3v) is 2.30. The predicted octanol–water partition coefficient (Wildman–Crippen LogP) is 1.41. The van der Waals surface area contributed by atoms with Crippen molar-refractivity contribution in [2.45, 2.75) is 26.0 Å². The highest BCUT2D eigenvalue weighted by Gasteiger charge is 2.08. The van der Waals surface area contributed by atoms with E-state index in [1.54, 1.807) is 19.5 Å². The van der Waals surface area contributed by atoms with E-state index in [4.69, 9.17) is 9.84 Å². The van der Waals surface area contributed by atoms with Gasteiger partial charge in [0.1, 0.15) is 0 Å². The molecular weight excluding hydrogens is 192 g/mol. The lowest BCUT2D eigenvalue weighted by Crippen LogP contribution is -2.24. The van der Waals surface area contributed by atoms with Crippen LogP contribution in [0.3, 0.4) is 0 Å². The fourth-order valence-electron chi connectivity index (χ4n) is 1.37. The average molecular weight is 210 g/mol. The highest BCUT2D eigenvalue weighted by atomic mass is 16.5. The van der Waals surface area contributed by atoms with Crippen molar-refractivity contribution in [1.29, 1.82) is 0 Å². The standard InChI is InChI=1S/C11H18N2O2/c1-3-10(8-15-2)13-11-6-12-5-4-9(11)7-14/h4-6,10,13-14H,3,7-8H2,1-2H3. The van der Waals surface area contributed by atoms with Crippen molar-refractivity contribution >= 4 is 5.69 Å². The van der Waals surface area contributed by atoms with Crippen LogP contribution in [0.25, 0.3) is 0 Å². The van der Waals surface area contributed by atoms with E-state index < -0.39 is 0 Å². The van der Waals surface area contributed by atoms with Crippen LogP contribution in [-0.4, -0.2) is 29.8 Å². The summed E-state index contributed by atoms with van der Waals surface area (Å²) in [5.74, 6) is 0. The molecule has 0 spiro atoms. The number of nitrogens with one attached hydrogen (secondary N) is 1. The van der Waals surface area contributed by atoms with E-state index >= 15 is 0 Å². The second kappa shape index (κ2) is 6.37. The van der Waals surface area contributed by atoms with Crippen LogP contribution in [-0.2, 0) is 11.3 Å². The monoisotopic (exact) mass is 210 g/mol. The molecule has 0 radical (unpaired) electrons. The first-order valence-corrected chi connectivity index (χ1v) is 5.11. The first-order chi connectivity index (χ1) is 7.31. The van der Waals surface area contributed by atoms with Crippen LogP contribution >= 0.6 is 0 Å². The second-order valence-electron chi connectivity index (χ2n) is 3.40. The normalized spacial score (nSPS) is 12.5. The van der Waals surface area contributed by atoms with Crippen molar-refractivity contribution in [3.63, 3.8) is 0 Å². The molecule has 0 bridgehead atoms. The van der Waals surface area contributed by atoms with Crippen molar-refractivity contribution in [2.24, 2.45) is 0 Å². The molecule has 84 valence electrons. The van der Waals surface area contributed by atoms with Gasteiger partial charge in [-0.2, -0.15) is 0 Å². The summed E-state index contributed by atoms with van der Waals surface area (Å²) in [6.07, 6.45) is 4.37. The van der Waals surface area contributed by atoms with Gasteiger partial charge >= 0.3 is 0 Å². The van der Waals surface area contributed by atoms with Gasteiger partial charge in [-0.3, -0.25) is 4.98 Å². The van der Waals surface area contributed by atoms with Gasteiger partial charge in [-0.25, -0.2) is 0 Å². The number of pyridine rings is 1. The van der Waals surface area contributed by atoms with Crippen LogP contribution in [0.5, 0.6) is 0 Å². The lowest BCUT2D eigenvalue weighted by Gasteiger charge is -2.18. The number of ether oxygens (including phenoxy) is 1. The van der Waals surface area contributed by atoms with Gasteiger partial charge in [0.15, 0.2) is 0 Å². The highest BCUT2D eigenvalue weighted by Crippen LogP contribution is 2.15. The molecule has 0 fully saturated rings. The van der Waals surface area contributed by atoms with Crippen molar-refractivity contribution < 1.29 is 9.84 Å². The number of methoxy groups -OCH3 is 1. The summed E-state index contributed by atoms with van der Waals surface area (Å²) >= 11 is 0. The molecular formula is C11H18N2O2. The van der Waals surface area contributed by atoms with Gasteiger partial charge in [0.2, 0.25) is 0 Å². The lowest BCUT2D eigenvalue weighted by atomic mass is 10.2. The Morgan fingerprint density at radius 3 is 3.00 bits per heavy atom. The molecule has 0 aliphatic rings. The minimum absolute atomic E-state index is 0.0221. The third kappa shape index (κ3) is 3.49. The number of aliphatic hydroxyl groups excluding tert-OH is 1. The third-order valence-electron chi connectivity index (χ3n) is 2.30. The number of anilines is 1. The topological polar surface area (TPSA) is 54.4 Å². The van der Waals surface area contributed by atoms with Crippen LogP contribution in [0, 0.1) is 0 Å². The summed E-state index contributed by atoms with van der Waals surface area (Å²) in [7, 11) is 1.68. The smallest absolute Gasteiger partial charge is 0.0703 e. The fourth-order valence-corrected chi connectivity index (χ4v) is 1.37. The lowest BCUT2D eigenvalue weighted by molar-refractivity contribution is 0.184. The Bertz CT molecular complexity index is 292. The molecule has 0 aromatic carbocycles. The molecule has 1 rings (SSSR count). The van der Waals surface area contributed by atoms with Gasteiger partial charge in [-0.1, -0.05) is 6.92 Å². The Balaban J connectivity index is 2.69. The minimum atomic E-state index is 0.0221. The maximum absolute atomic E-state index is 9.13. The first-order valence-electron chi connectivity index (χ1n) is 5.11. The zero-order valence-corrected chi connectivity index (χ0v) is 9.23. The summed E-state index contributed by atoms with van der Waals surface area (Å²) in [4.78, 5) is 4.03. The van der Waals surface area contributed by atoms with E-state index in [0.717, 1.165) is 17.7 Å². The molecule has 1 unspecified atom stereocenters. The van der Waals surface area contributed by atoms with E-state index in [1.165, 1.54) is 0 Å². The molecule has 1 atom stereocenters. The first kappa shape index (κ1) is 11.9. The SMILES string of the molecule is CCC(COC)Nc1cnccc1CO. The largest absolute Gasteiger partial charge is 0.392 e. The van der Waals surface area contributed by atoms with Crippen molar-refractivity contribution in [3.05, 3.63) is 24.0 Å². The number of aliphatic hydroxyl groups is 1. The maximum Gasteiger partial charge on any atom is 0.0703 e. The molecule has 4 heteroatoms. The van der Waals surface area contributed by atoms with Gasteiger partial charge in [0, 0.05) is 24.9 Å². The predicted molar refractivity (Wildman–Crippen MR) is 59.7 cm³/mol. The van der Waals surface area contributed by atoms with E-state index in [2.05, 4.69) is 17.2 Å². The van der Waals surface area contributed by atoms with Gasteiger partial charge in [0.05, 0.1) is 25.1 Å². The summed E-state index contributed by atoms with van der Waals surface area (Å²) < 4.78 is 5.10. The molecule has 0 aliphatic heterocycles. The minimum Gasteiger partial charge on any atom is -0.392 e. The molecule has 0 saturated carbocycles. The Morgan fingerprint density at radius 1 is 1.60 bits per heavy atom. The van der Waals surface area contributed by atoms with E-state index in [0.29, 0.717) is 6.61 Å². The molecule has 0 amide bonds. The molecule has 15 heavy (non-hydrogen) atoms. The van der Waals surface area contributed by atoms with Crippen molar-refractivity contribution in [2.75, 3.05) is 19.0 Å². The van der Waals surface area contributed by atoms with Gasteiger partial charge in [-0.15, -0.1) is 0 Å².